The van der Waals surface area contributed by atoms with E-state index in [1.807, 2.05) is 0 Å². The maximum atomic E-state index is 13.1. The fourth-order valence-corrected chi connectivity index (χ4v) is 2.25. The minimum absolute atomic E-state index is 0.0465. The van der Waals surface area contributed by atoms with Gasteiger partial charge in [0.05, 0.1) is 23.1 Å². The molecule has 0 saturated carbocycles. The first-order valence-electron chi connectivity index (χ1n) is 6.29. The molecule has 2 aromatic heterocycles. The van der Waals surface area contributed by atoms with E-state index in [0.717, 1.165) is 6.20 Å². The van der Waals surface area contributed by atoms with Crippen molar-refractivity contribution in [3.63, 3.8) is 0 Å². The number of hydrogen-bond donors (Lipinski definition) is 0. The fourth-order valence-electron chi connectivity index (χ4n) is 1.87. The van der Waals surface area contributed by atoms with Gasteiger partial charge in [0, 0.05) is 6.20 Å². The number of carbonyl (C=O) groups excluding carboxylic acids is 1. The molecule has 0 aromatic carbocycles. The molecular weight excluding hydrogens is 371 g/mol. The Hall–Kier alpha value is -1.77. The quantitative estimate of drug-likeness (QED) is 0.743. The smallest absolute Gasteiger partial charge is 0.434 e. The first-order chi connectivity index (χ1) is 10.3. The SMILES string of the molecule is CCOC(=O)c1oc2c(Br)cnc(C(F)(F)F)c2c1OCC. The van der Waals surface area contributed by atoms with Crippen molar-refractivity contribution >= 4 is 32.9 Å². The average molecular weight is 382 g/mol. The maximum Gasteiger partial charge on any atom is 0.434 e. The molecule has 0 fully saturated rings. The molecule has 2 rings (SSSR count). The second kappa shape index (κ2) is 6.15. The standard InChI is InChI=1S/C13H11BrF3NO4/c1-3-20-9-7-8(22-10(9)12(19)21-4-2)6(14)5-18-11(7)13(15,16)17/h5H,3-4H2,1-2H3. The lowest BCUT2D eigenvalue weighted by Gasteiger charge is -2.09. The Morgan fingerprint density at radius 3 is 2.59 bits per heavy atom. The maximum absolute atomic E-state index is 13.1. The predicted molar refractivity (Wildman–Crippen MR) is 73.8 cm³/mol. The van der Waals surface area contributed by atoms with Crippen LogP contribution in [0, 0.1) is 0 Å². The predicted octanol–water partition coefficient (Wildman–Crippen LogP) is 4.18. The van der Waals surface area contributed by atoms with Crippen LogP contribution in [-0.2, 0) is 10.9 Å². The van der Waals surface area contributed by atoms with Crippen LogP contribution < -0.4 is 4.74 Å². The van der Waals surface area contributed by atoms with E-state index < -0.39 is 29.0 Å². The number of alkyl halides is 3. The molecule has 0 amide bonds. The Morgan fingerprint density at radius 1 is 1.36 bits per heavy atom. The van der Waals surface area contributed by atoms with E-state index in [1.54, 1.807) is 13.8 Å². The van der Waals surface area contributed by atoms with Crippen molar-refractivity contribution < 1.29 is 31.9 Å². The summed E-state index contributed by atoms with van der Waals surface area (Å²) in [6, 6.07) is 0. The Morgan fingerprint density at radius 2 is 2.05 bits per heavy atom. The molecule has 0 atom stereocenters. The Balaban J connectivity index is 2.81. The summed E-state index contributed by atoms with van der Waals surface area (Å²) < 4.78 is 54.8. The van der Waals surface area contributed by atoms with Crippen molar-refractivity contribution in [3.8, 4) is 5.75 Å². The van der Waals surface area contributed by atoms with E-state index in [4.69, 9.17) is 13.9 Å². The summed E-state index contributed by atoms with van der Waals surface area (Å²) in [6.07, 6.45) is -3.76. The number of esters is 1. The molecule has 0 aliphatic rings. The van der Waals surface area contributed by atoms with E-state index in [9.17, 15) is 18.0 Å². The molecule has 2 aromatic rings. The van der Waals surface area contributed by atoms with Gasteiger partial charge in [0.2, 0.25) is 0 Å². The summed E-state index contributed by atoms with van der Waals surface area (Å²) in [6.45, 7) is 3.24. The van der Waals surface area contributed by atoms with E-state index in [0.29, 0.717) is 0 Å². The highest BCUT2D eigenvalue weighted by Crippen LogP contribution is 2.43. The van der Waals surface area contributed by atoms with Crippen molar-refractivity contribution in [1.82, 2.24) is 4.98 Å². The van der Waals surface area contributed by atoms with Crippen LogP contribution in [-0.4, -0.2) is 24.2 Å². The summed E-state index contributed by atoms with van der Waals surface area (Å²) in [5.74, 6) is -1.64. The van der Waals surface area contributed by atoms with Crippen LogP contribution >= 0.6 is 15.9 Å². The number of fused-ring (bicyclic) bond motifs is 1. The zero-order valence-corrected chi connectivity index (χ0v) is 13.2. The Labute approximate surface area is 131 Å². The average Bonchev–Trinajstić information content (AvgIpc) is 2.79. The molecule has 0 radical (unpaired) electrons. The number of aromatic nitrogens is 1. The Bertz CT molecular complexity index is 711. The highest BCUT2D eigenvalue weighted by Gasteiger charge is 2.39. The number of nitrogens with zero attached hydrogens (tertiary/aromatic N) is 1. The normalized spacial score (nSPS) is 11.7. The molecule has 0 saturated heterocycles. The molecule has 2 heterocycles. The number of rotatable bonds is 4. The van der Waals surface area contributed by atoms with E-state index in [2.05, 4.69) is 20.9 Å². The molecule has 0 N–H and O–H groups in total. The minimum atomic E-state index is -4.72. The minimum Gasteiger partial charge on any atom is -0.489 e. The molecule has 0 unspecified atom stereocenters. The summed E-state index contributed by atoms with van der Waals surface area (Å²) in [7, 11) is 0. The van der Waals surface area contributed by atoms with Gasteiger partial charge in [-0.3, -0.25) is 0 Å². The number of hydrogen-bond acceptors (Lipinski definition) is 5. The Kier molecular flexibility index (Phi) is 4.64. The van der Waals surface area contributed by atoms with Crippen LogP contribution in [0.4, 0.5) is 13.2 Å². The summed E-state index contributed by atoms with van der Waals surface area (Å²) in [5.41, 5.74) is -1.36. The second-order valence-corrected chi connectivity index (χ2v) is 4.92. The van der Waals surface area contributed by atoms with Crippen LogP contribution in [0.5, 0.6) is 5.75 Å². The lowest BCUT2D eigenvalue weighted by Crippen LogP contribution is -2.10. The highest BCUT2D eigenvalue weighted by molar-refractivity contribution is 9.10. The van der Waals surface area contributed by atoms with Gasteiger partial charge >= 0.3 is 12.1 Å². The monoisotopic (exact) mass is 381 g/mol. The van der Waals surface area contributed by atoms with Gasteiger partial charge in [0.15, 0.2) is 17.0 Å². The molecule has 120 valence electrons. The van der Waals surface area contributed by atoms with Crippen molar-refractivity contribution in [2.45, 2.75) is 20.0 Å². The molecule has 0 aliphatic heterocycles. The molecule has 9 heteroatoms. The van der Waals surface area contributed by atoms with Gasteiger partial charge < -0.3 is 13.9 Å². The number of halogens is 4. The van der Waals surface area contributed by atoms with E-state index in [1.165, 1.54) is 0 Å². The third-order valence-corrected chi connectivity index (χ3v) is 3.21. The van der Waals surface area contributed by atoms with E-state index in [-0.39, 0.29) is 29.0 Å². The van der Waals surface area contributed by atoms with Crippen LogP contribution in [0.25, 0.3) is 11.0 Å². The van der Waals surface area contributed by atoms with Crippen LogP contribution in [0.2, 0.25) is 0 Å². The van der Waals surface area contributed by atoms with Crippen LogP contribution in [0.15, 0.2) is 15.1 Å². The lowest BCUT2D eigenvalue weighted by atomic mass is 10.2. The zero-order chi connectivity index (χ0) is 16.5. The summed E-state index contributed by atoms with van der Waals surface area (Å²) >= 11 is 3.05. The van der Waals surface area contributed by atoms with Crippen LogP contribution in [0.1, 0.15) is 30.1 Å². The third kappa shape index (κ3) is 2.90. The lowest BCUT2D eigenvalue weighted by molar-refractivity contribution is -0.139. The highest BCUT2D eigenvalue weighted by atomic mass is 79.9. The zero-order valence-electron chi connectivity index (χ0n) is 11.6. The van der Waals surface area contributed by atoms with Gasteiger partial charge in [0.25, 0.3) is 5.76 Å². The number of furan rings is 1. The van der Waals surface area contributed by atoms with Gasteiger partial charge in [-0.15, -0.1) is 0 Å². The van der Waals surface area contributed by atoms with Gasteiger partial charge in [-0.1, -0.05) is 0 Å². The second-order valence-electron chi connectivity index (χ2n) is 4.07. The third-order valence-electron chi connectivity index (χ3n) is 2.64. The van der Waals surface area contributed by atoms with Crippen molar-refractivity contribution in [2.75, 3.05) is 13.2 Å². The molecule has 0 spiro atoms. The number of pyridine rings is 1. The molecular formula is C13H11BrF3NO4. The van der Waals surface area contributed by atoms with Crippen molar-refractivity contribution in [1.29, 1.82) is 0 Å². The first kappa shape index (κ1) is 16.6. The fraction of sp³-hybridized carbons (Fsp3) is 0.385. The molecule has 5 nitrogen and oxygen atoms in total. The van der Waals surface area contributed by atoms with Gasteiger partial charge in [-0.05, 0) is 29.8 Å². The first-order valence-corrected chi connectivity index (χ1v) is 7.08. The van der Waals surface area contributed by atoms with Gasteiger partial charge in [-0.25, -0.2) is 9.78 Å². The molecule has 0 aliphatic carbocycles. The molecule has 0 bridgehead atoms. The van der Waals surface area contributed by atoms with Gasteiger partial charge in [-0.2, -0.15) is 13.2 Å². The summed E-state index contributed by atoms with van der Waals surface area (Å²) in [5, 5.41) is -0.410. The largest absolute Gasteiger partial charge is 0.489 e. The molecule has 22 heavy (non-hydrogen) atoms. The van der Waals surface area contributed by atoms with Gasteiger partial charge in [0.1, 0.15) is 0 Å². The number of ether oxygens (including phenoxy) is 2. The van der Waals surface area contributed by atoms with Crippen LogP contribution in [0.3, 0.4) is 0 Å². The van der Waals surface area contributed by atoms with E-state index >= 15 is 0 Å². The topological polar surface area (TPSA) is 61.6 Å². The van der Waals surface area contributed by atoms with Crippen molar-refractivity contribution in [2.24, 2.45) is 0 Å². The van der Waals surface area contributed by atoms with Crippen molar-refractivity contribution in [3.05, 3.63) is 22.1 Å². The summed E-state index contributed by atoms with van der Waals surface area (Å²) in [4.78, 5) is 15.2. The number of carbonyl (C=O) groups is 1.